The van der Waals surface area contributed by atoms with Crippen LogP contribution in [0.1, 0.15) is 21.6 Å². The van der Waals surface area contributed by atoms with Crippen LogP contribution in [0.5, 0.6) is 5.75 Å². The zero-order chi connectivity index (χ0) is 27.6. The molecule has 1 aliphatic rings. The minimum Gasteiger partial charge on any atom is -0.489 e. The van der Waals surface area contributed by atoms with Crippen molar-refractivity contribution < 1.29 is 27.1 Å². The minimum atomic E-state index is -4.64. The van der Waals surface area contributed by atoms with Crippen molar-refractivity contribution in [2.24, 2.45) is 7.05 Å². The van der Waals surface area contributed by atoms with Crippen LogP contribution in [0.2, 0.25) is 0 Å². The fourth-order valence-corrected chi connectivity index (χ4v) is 4.16. The van der Waals surface area contributed by atoms with Crippen LogP contribution in [0, 0.1) is 5.82 Å². The number of hydrogen-bond donors (Lipinski definition) is 0. The van der Waals surface area contributed by atoms with E-state index in [1.807, 2.05) is 0 Å². The molecule has 12 heteroatoms. The Labute approximate surface area is 221 Å². The quantitative estimate of drug-likeness (QED) is 0.334. The molecule has 1 saturated heterocycles. The van der Waals surface area contributed by atoms with Gasteiger partial charge < -0.3 is 14.5 Å². The lowest BCUT2D eigenvalue weighted by Crippen LogP contribution is -2.49. The van der Waals surface area contributed by atoms with Gasteiger partial charge in [-0.1, -0.05) is 12.1 Å². The van der Waals surface area contributed by atoms with Gasteiger partial charge >= 0.3 is 6.18 Å². The molecule has 2 aromatic heterocycles. The van der Waals surface area contributed by atoms with Gasteiger partial charge in [0.25, 0.3) is 5.91 Å². The number of anilines is 1. The first-order chi connectivity index (χ1) is 18.7. The number of carbonyl (C=O) groups excluding carboxylic acids is 1. The molecule has 0 radical (unpaired) electrons. The van der Waals surface area contributed by atoms with E-state index in [1.165, 1.54) is 35.1 Å². The van der Waals surface area contributed by atoms with Crippen molar-refractivity contribution in [3.05, 3.63) is 89.6 Å². The Morgan fingerprint density at radius 3 is 2.28 bits per heavy atom. The first-order valence-corrected chi connectivity index (χ1v) is 12.1. The second kappa shape index (κ2) is 10.7. The van der Waals surface area contributed by atoms with Crippen LogP contribution in [-0.2, 0) is 19.8 Å². The molecule has 0 unspecified atom stereocenters. The molecule has 5 rings (SSSR count). The Bertz CT molecular complexity index is 1450. The number of benzene rings is 2. The number of amides is 1. The second-order valence-corrected chi connectivity index (χ2v) is 9.06. The highest BCUT2D eigenvalue weighted by molar-refractivity contribution is 5.94. The molecule has 1 aliphatic heterocycles. The predicted molar refractivity (Wildman–Crippen MR) is 135 cm³/mol. The van der Waals surface area contributed by atoms with Crippen molar-refractivity contribution in [1.29, 1.82) is 0 Å². The maximum absolute atomic E-state index is 13.6. The van der Waals surface area contributed by atoms with E-state index >= 15 is 0 Å². The van der Waals surface area contributed by atoms with E-state index in [2.05, 4.69) is 15.1 Å². The fraction of sp³-hybridized carbons (Fsp3) is 0.259. The Balaban J connectivity index is 1.22. The maximum Gasteiger partial charge on any atom is 0.433 e. The molecule has 0 spiro atoms. The molecule has 4 aromatic rings. The minimum absolute atomic E-state index is 0.0405. The molecule has 39 heavy (non-hydrogen) atoms. The Hall–Kier alpha value is -4.48. The van der Waals surface area contributed by atoms with Crippen molar-refractivity contribution >= 4 is 11.9 Å². The summed E-state index contributed by atoms with van der Waals surface area (Å²) in [6.45, 7) is 1.43. The predicted octanol–water partition coefficient (Wildman–Crippen LogP) is 4.58. The van der Waals surface area contributed by atoms with Gasteiger partial charge in [-0.25, -0.2) is 14.4 Å². The summed E-state index contributed by atoms with van der Waals surface area (Å²) in [6, 6.07) is 13.6. The van der Waals surface area contributed by atoms with E-state index in [9.17, 15) is 22.4 Å². The van der Waals surface area contributed by atoms with Gasteiger partial charge in [0.1, 0.15) is 18.2 Å². The summed E-state index contributed by atoms with van der Waals surface area (Å²) >= 11 is 0. The summed E-state index contributed by atoms with van der Waals surface area (Å²) in [5.74, 6) is -0.0300. The summed E-state index contributed by atoms with van der Waals surface area (Å²) in [5.41, 5.74) is 0.873. The van der Waals surface area contributed by atoms with Gasteiger partial charge in [-0.05, 0) is 48.0 Å². The van der Waals surface area contributed by atoms with E-state index in [0.29, 0.717) is 30.0 Å². The molecule has 1 fully saturated rings. The zero-order valence-electron chi connectivity index (χ0n) is 20.9. The highest BCUT2D eigenvalue weighted by Crippen LogP contribution is 2.32. The molecule has 8 nitrogen and oxygen atoms in total. The number of ether oxygens (including phenoxy) is 1. The number of rotatable bonds is 6. The van der Waals surface area contributed by atoms with Gasteiger partial charge in [0.05, 0.1) is 11.9 Å². The molecule has 0 N–H and O–H groups in total. The standard InChI is InChI=1S/C27H24F4N6O2/c1-35-16-20(15-32-35)23-14-24(27(29,30)31)34-26(33-23)37-12-10-36(11-13-37)25(38)19-4-2-18(3-5-19)17-39-22-8-6-21(28)7-9-22/h2-9,14-16H,10-13,17H2,1H3. The van der Waals surface area contributed by atoms with Crippen LogP contribution < -0.4 is 9.64 Å². The van der Waals surface area contributed by atoms with Crippen LogP contribution in [0.4, 0.5) is 23.5 Å². The van der Waals surface area contributed by atoms with Gasteiger partial charge in [-0.15, -0.1) is 0 Å². The number of aromatic nitrogens is 4. The summed E-state index contributed by atoms with van der Waals surface area (Å²) < 4.78 is 60.8. The van der Waals surface area contributed by atoms with Gasteiger partial charge in [-0.3, -0.25) is 9.48 Å². The number of carbonyl (C=O) groups is 1. The smallest absolute Gasteiger partial charge is 0.433 e. The average Bonchev–Trinajstić information content (AvgIpc) is 3.38. The molecular formula is C27H24F4N6O2. The number of aryl methyl sites for hydroxylation is 1. The lowest BCUT2D eigenvalue weighted by atomic mass is 10.1. The number of piperazine rings is 1. The Morgan fingerprint density at radius 1 is 0.974 bits per heavy atom. The topological polar surface area (TPSA) is 76.4 Å². The molecule has 0 bridgehead atoms. The number of alkyl halides is 3. The molecular weight excluding hydrogens is 516 g/mol. The lowest BCUT2D eigenvalue weighted by molar-refractivity contribution is -0.141. The van der Waals surface area contributed by atoms with Crippen LogP contribution in [-0.4, -0.2) is 56.7 Å². The Kier molecular flexibility index (Phi) is 7.18. The zero-order valence-corrected chi connectivity index (χ0v) is 20.9. The van der Waals surface area contributed by atoms with E-state index < -0.39 is 11.9 Å². The Morgan fingerprint density at radius 2 is 1.67 bits per heavy atom. The summed E-state index contributed by atoms with van der Waals surface area (Å²) in [4.78, 5) is 24.5. The summed E-state index contributed by atoms with van der Waals surface area (Å²) in [5, 5.41) is 4.02. The van der Waals surface area contributed by atoms with Crippen molar-refractivity contribution in [2.45, 2.75) is 12.8 Å². The van der Waals surface area contributed by atoms with Crippen molar-refractivity contribution in [2.75, 3.05) is 31.1 Å². The highest BCUT2D eigenvalue weighted by Gasteiger charge is 2.35. The van der Waals surface area contributed by atoms with Crippen LogP contribution in [0.25, 0.3) is 11.3 Å². The molecule has 2 aromatic carbocycles. The fourth-order valence-electron chi connectivity index (χ4n) is 4.16. The first-order valence-electron chi connectivity index (χ1n) is 12.1. The average molecular weight is 541 g/mol. The van der Waals surface area contributed by atoms with Crippen LogP contribution >= 0.6 is 0 Å². The van der Waals surface area contributed by atoms with Gasteiger partial charge in [0, 0.05) is 50.6 Å². The van der Waals surface area contributed by atoms with Gasteiger partial charge in [-0.2, -0.15) is 18.3 Å². The highest BCUT2D eigenvalue weighted by atomic mass is 19.4. The molecule has 1 amide bonds. The van der Waals surface area contributed by atoms with Crippen molar-refractivity contribution in [1.82, 2.24) is 24.6 Å². The second-order valence-electron chi connectivity index (χ2n) is 9.06. The van der Waals surface area contributed by atoms with Crippen LogP contribution in [0.3, 0.4) is 0 Å². The third-order valence-electron chi connectivity index (χ3n) is 6.28. The lowest BCUT2D eigenvalue weighted by Gasteiger charge is -2.35. The number of halogens is 4. The SMILES string of the molecule is Cn1cc(-c2cc(C(F)(F)F)nc(N3CCN(C(=O)c4ccc(COc5ccc(F)cc5)cc4)CC3)n2)cn1. The monoisotopic (exact) mass is 540 g/mol. The molecule has 0 atom stereocenters. The molecule has 3 heterocycles. The van der Waals surface area contributed by atoms with E-state index in [1.54, 1.807) is 47.3 Å². The van der Waals surface area contributed by atoms with Crippen molar-refractivity contribution in [3.8, 4) is 17.0 Å². The molecule has 0 saturated carbocycles. The van der Waals surface area contributed by atoms with Crippen molar-refractivity contribution in [3.63, 3.8) is 0 Å². The summed E-state index contributed by atoms with van der Waals surface area (Å²) in [7, 11) is 1.67. The van der Waals surface area contributed by atoms with E-state index in [-0.39, 0.29) is 43.1 Å². The third-order valence-corrected chi connectivity index (χ3v) is 6.28. The van der Waals surface area contributed by atoms with Gasteiger partial charge in [0.2, 0.25) is 5.95 Å². The van der Waals surface area contributed by atoms with E-state index in [4.69, 9.17) is 4.74 Å². The number of nitrogens with zero attached hydrogens (tertiary/aromatic N) is 6. The van der Waals surface area contributed by atoms with Crippen LogP contribution in [0.15, 0.2) is 67.0 Å². The summed E-state index contributed by atoms with van der Waals surface area (Å²) in [6.07, 6.45) is -1.60. The number of hydrogen-bond acceptors (Lipinski definition) is 6. The maximum atomic E-state index is 13.6. The first kappa shape index (κ1) is 26.1. The van der Waals surface area contributed by atoms with E-state index in [0.717, 1.165) is 11.6 Å². The van der Waals surface area contributed by atoms with Gasteiger partial charge in [0.15, 0.2) is 5.69 Å². The largest absolute Gasteiger partial charge is 0.489 e. The molecule has 202 valence electrons. The third kappa shape index (κ3) is 6.16. The molecule has 0 aliphatic carbocycles. The normalized spacial score (nSPS) is 14.0.